The standard InChI is InChI=1S/C24H41ClO6Si2/c1-23(2,3)32(8,9)30-17-15-18(31-33(10,11)24(4,5)6)21(25)16(13-12-14-19(26)27)20(17)22(28)29-7/h15H,12-14H2,1-11H3,(H,26,27). The van der Waals surface area contributed by atoms with Crippen LogP contribution in [0.2, 0.25) is 41.3 Å². The quantitative estimate of drug-likeness (QED) is 0.274. The lowest BCUT2D eigenvalue weighted by atomic mass is 10.00. The molecule has 0 spiro atoms. The summed E-state index contributed by atoms with van der Waals surface area (Å²) in [5.41, 5.74) is 0.759. The number of carboxylic acid groups (broad SMARTS) is 1. The van der Waals surface area contributed by atoms with Gasteiger partial charge in [0.2, 0.25) is 0 Å². The van der Waals surface area contributed by atoms with Gasteiger partial charge in [-0.05, 0) is 54.7 Å². The number of hydrogen-bond donors (Lipinski definition) is 1. The average Bonchev–Trinajstić information content (AvgIpc) is 2.62. The van der Waals surface area contributed by atoms with Gasteiger partial charge >= 0.3 is 11.9 Å². The van der Waals surface area contributed by atoms with E-state index in [-0.39, 0.29) is 28.5 Å². The molecule has 188 valence electrons. The molecule has 0 unspecified atom stereocenters. The minimum Gasteiger partial charge on any atom is -0.543 e. The van der Waals surface area contributed by atoms with Crippen LogP contribution in [0.15, 0.2) is 6.07 Å². The number of ether oxygens (including phenoxy) is 1. The van der Waals surface area contributed by atoms with Crippen LogP contribution < -0.4 is 8.85 Å². The van der Waals surface area contributed by atoms with E-state index in [0.717, 1.165) is 0 Å². The minimum atomic E-state index is -2.33. The molecule has 0 aliphatic heterocycles. The number of carbonyl (C=O) groups is 2. The molecule has 9 heteroatoms. The summed E-state index contributed by atoms with van der Waals surface area (Å²) in [4.78, 5) is 24.0. The van der Waals surface area contributed by atoms with Crippen molar-refractivity contribution < 1.29 is 28.3 Å². The van der Waals surface area contributed by atoms with Crippen molar-refractivity contribution in [2.24, 2.45) is 0 Å². The molecule has 0 aliphatic rings. The molecular weight excluding hydrogens is 476 g/mol. The fourth-order valence-electron chi connectivity index (χ4n) is 2.65. The summed E-state index contributed by atoms with van der Waals surface area (Å²) in [6.07, 6.45) is 0.572. The number of methoxy groups -OCH3 is 1. The minimum absolute atomic E-state index is 0.0390. The van der Waals surface area contributed by atoms with Crippen molar-refractivity contribution in [2.45, 2.75) is 97.1 Å². The monoisotopic (exact) mass is 516 g/mol. The first-order valence-corrected chi connectivity index (χ1v) is 17.5. The fourth-order valence-corrected chi connectivity index (χ4v) is 5.03. The molecule has 0 radical (unpaired) electrons. The molecule has 1 rings (SSSR count). The van der Waals surface area contributed by atoms with Crippen molar-refractivity contribution >= 4 is 40.2 Å². The summed E-state index contributed by atoms with van der Waals surface area (Å²) in [5, 5.41) is 9.25. The molecule has 0 saturated heterocycles. The Morgan fingerprint density at radius 2 is 1.39 bits per heavy atom. The Morgan fingerprint density at radius 1 is 0.939 bits per heavy atom. The van der Waals surface area contributed by atoms with Crippen molar-refractivity contribution in [3.63, 3.8) is 0 Å². The Balaban J connectivity index is 3.80. The van der Waals surface area contributed by atoms with Gasteiger partial charge in [-0.25, -0.2) is 4.79 Å². The lowest BCUT2D eigenvalue weighted by molar-refractivity contribution is -0.137. The number of rotatable bonds is 9. The molecule has 0 heterocycles. The largest absolute Gasteiger partial charge is 0.543 e. The molecule has 0 bridgehead atoms. The Kier molecular flexibility index (Phi) is 9.30. The van der Waals surface area contributed by atoms with Gasteiger partial charge in [0.05, 0.1) is 12.1 Å². The van der Waals surface area contributed by atoms with Gasteiger partial charge in [0, 0.05) is 12.5 Å². The third-order valence-electron chi connectivity index (χ3n) is 6.84. The van der Waals surface area contributed by atoms with Gasteiger partial charge < -0.3 is 18.7 Å². The maximum absolute atomic E-state index is 12.9. The zero-order chi connectivity index (χ0) is 26.0. The van der Waals surface area contributed by atoms with Crippen LogP contribution in [0.1, 0.15) is 70.3 Å². The van der Waals surface area contributed by atoms with E-state index in [4.69, 9.17) is 30.3 Å². The number of aliphatic carboxylic acids is 1. The maximum Gasteiger partial charge on any atom is 0.341 e. The van der Waals surface area contributed by atoms with Crippen LogP contribution in [0.3, 0.4) is 0 Å². The molecule has 0 amide bonds. The van der Waals surface area contributed by atoms with Gasteiger partial charge in [-0.2, -0.15) is 0 Å². The lowest BCUT2D eigenvalue weighted by Crippen LogP contribution is -2.45. The molecule has 33 heavy (non-hydrogen) atoms. The van der Waals surface area contributed by atoms with E-state index in [9.17, 15) is 9.59 Å². The van der Waals surface area contributed by atoms with Gasteiger partial charge in [0.25, 0.3) is 16.6 Å². The molecular formula is C24H41ClO6Si2. The molecule has 0 aromatic heterocycles. The number of benzene rings is 1. The van der Waals surface area contributed by atoms with Crippen LogP contribution in [0.25, 0.3) is 0 Å². The van der Waals surface area contributed by atoms with E-state index in [1.807, 2.05) is 0 Å². The van der Waals surface area contributed by atoms with Gasteiger partial charge in [0.15, 0.2) is 0 Å². The molecule has 0 saturated carbocycles. The number of esters is 1. The lowest BCUT2D eigenvalue weighted by Gasteiger charge is -2.39. The van der Waals surface area contributed by atoms with E-state index < -0.39 is 28.6 Å². The second-order valence-corrected chi connectivity index (χ2v) is 21.3. The average molecular weight is 517 g/mol. The van der Waals surface area contributed by atoms with Gasteiger partial charge in [-0.3, -0.25) is 4.79 Å². The van der Waals surface area contributed by atoms with Gasteiger partial charge in [0.1, 0.15) is 17.1 Å². The highest BCUT2D eigenvalue weighted by Gasteiger charge is 2.42. The number of carboxylic acids is 1. The predicted molar refractivity (Wildman–Crippen MR) is 139 cm³/mol. The number of halogens is 1. The third kappa shape index (κ3) is 7.23. The fraction of sp³-hybridized carbons (Fsp3) is 0.667. The molecule has 1 aromatic carbocycles. The zero-order valence-electron chi connectivity index (χ0n) is 22.1. The molecule has 6 nitrogen and oxygen atoms in total. The topological polar surface area (TPSA) is 82.1 Å². The number of hydrogen-bond acceptors (Lipinski definition) is 5. The Labute approximate surface area is 206 Å². The molecule has 0 aliphatic carbocycles. The van der Waals surface area contributed by atoms with E-state index in [2.05, 4.69) is 67.7 Å². The highest BCUT2D eigenvalue weighted by molar-refractivity contribution is 6.75. The molecule has 0 atom stereocenters. The SMILES string of the molecule is COC(=O)c1c(O[Si](C)(C)C(C)(C)C)cc(O[Si](C)(C)C(C)(C)C)c(Cl)c1CCCC(=O)O. The smallest absolute Gasteiger partial charge is 0.341 e. The number of carbonyl (C=O) groups excluding carboxylic acids is 1. The van der Waals surface area contributed by atoms with Gasteiger partial charge in [-0.1, -0.05) is 53.1 Å². The van der Waals surface area contributed by atoms with E-state index in [0.29, 0.717) is 28.5 Å². The normalized spacial score (nSPS) is 13.0. The second-order valence-electron chi connectivity index (χ2n) is 11.5. The van der Waals surface area contributed by atoms with E-state index in [1.54, 1.807) is 6.07 Å². The van der Waals surface area contributed by atoms with Gasteiger partial charge in [-0.15, -0.1) is 0 Å². The van der Waals surface area contributed by atoms with Crippen LogP contribution in [0, 0.1) is 0 Å². The maximum atomic E-state index is 12.9. The highest BCUT2D eigenvalue weighted by Crippen LogP contribution is 2.46. The van der Waals surface area contributed by atoms with E-state index in [1.165, 1.54) is 7.11 Å². The summed E-state index contributed by atoms with van der Waals surface area (Å²) in [6.45, 7) is 21.2. The Bertz CT molecular complexity index is 882. The third-order valence-corrected chi connectivity index (χ3v) is 15.9. The Hall–Kier alpha value is -1.52. The predicted octanol–water partition coefficient (Wildman–Crippen LogP) is 7.30. The van der Waals surface area contributed by atoms with Crippen molar-refractivity contribution in [1.82, 2.24) is 0 Å². The van der Waals surface area contributed by atoms with Crippen LogP contribution in [0.5, 0.6) is 11.5 Å². The summed E-state index contributed by atoms with van der Waals surface area (Å²) >= 11 is 6.82. The van der Waals surface area contributed by atoms with Crippen LogP contribution >= 0.6 is 11.6 Å². The van der Waals surface area contributed by atoms with Crippen molar-refractivity contribution in [3.05, 3.63) is 22.2 Å². The van der Waals surface area contributed by atoms with Crippen LogP contribution in [-0.4, -0.2) is 40.8 Å². The summed E-state index contributed by atoms with van der Waals surface area (Å²) in [7, 11) is -3.28. The summed E-state index contributed by atoms with van der Waals surface area (Å²) in [5.74, 6) is -0.612. The second kappa shape index (κ2) is 10.4. The molecule has 1 aromatic rings. The van der Waals surface area contributed by atoms with Crippen molar-refractivity contribution in [2.75, 3.05) is 7.11 Å². The zero-order valence-corrected chi connectivity index (χ0v) is 24.8. The van der Waals surface area contributed by atoms with Crippen molar-refractivity contribution in [3.8, 4) is 11.5 Å². The first-order valence-electron chi connectivity index (χ1n) is 11.3. The summed E-state index contributed by atoms with van der Waals surface area (Å²) < 4.78 is 18.2. The Morgan fingerprint density at radius 3 is 1.79 bits per heavy atom. The van der Waals surface area contributed by atoms with Crippen molar-refractivity contribution in [1.29, 1.82) is 0 Å². The first kappa shape index (κ1) is 29.5. The summed E-state index contributed by atoms with van der Waals surface area (Å²) in [6, 6.07) is 1.72. The molecule has 1 N–H and O–H groups in total. The van der Waals surface area contributed by atoms with E-state index >= 15 is 0 Å². The highest BCUT2D eigenvalue weighted by atomic mass is 35.5. The van der Waals surface area contributed by atoms with Crippen LogP contribution in [-0.2, 0) is 16.0 Å². The molecule has 0 fully saturated rings. The first-order chi connectivity index (χ1) is 14.7. The van der Waals surface area contributed by atoms with Crippen LogP contribution in [0.4, 0.5) is 0 Å².